The maximum absolute atomic E-state index is 11.4. The number of aryl methyl sites for hydroxylation is 1. The van der Waals surface area contributed by atoms with E-state index < -0.39 is 0 Å². The Hall–Kier alpha value is -2.24. The number of aromatic nitrogens is 2. The van der Waals surface area contributed by atoms with Gasteiger partial charge >= 0.3 is 6.03 Å². The van der Waals surface area contributed by atoms with Crippen LogP contribution in [-0.2, 0) is 6.54 Å². The lowest BCUT2D eigenvalue weighted by atomic mass is 10.2. The molecular formula is C13H19N5O. The van der Waals surface area contributed by atoms with E-state index in [1.807, 2.05) is 29.7 Å². The zero-order valence-corrected chi connectivity index (χ0v) is 11.5. The molecule has 0 spiro atoms. The molecule has 0 aliphatic rings. The van der Waals surface area contributed by atoms with E-state index in [1.165, 1.54) is 4.90 Å². The third-order valence-corrected chi connectivity index (χ3v) is 2.95. The van der Waals surface area contributed by atoms with Crippen LogP contribution in [0.5, 0.6) is 0 Å². The van der Waals surface area contributed by atoms with Gasteiger partial charge in [0.2, 0.25) is 5.95 Å². The number of fused-ring (bicyclic) bond motifs is 1. The first kappa shape index (κ1) is 13.2. The molecule has 0 aliphatic carbocycles. The summed E-state index contributed by atoms with van der Waals surface area (Å²) in [7, 11) is 3.41. The molecule has 0 aliphatic heterocycles. The summed E-state index contributed by atoms with van der Waals surface area (Å²) in [6.45, 7) is 3.14. The molecule has 0 saturated heterocycles. The zero-order valence-electron chi connectivity index (χ0n) is 11.5. The number of carbonyl (C=O) groups excluding carboxylic acids is 1. The average Bonchev–Trinajstić information content (AvgIpc) is 2.64. The van der Waals surface area contributed by atoms with Crippen LogP contribution in [0.25, 0.3) is 11.0 Å². The fraction of sp³-hybridized carbons (Fsp3) is 0.385. The van der Waals surface area contributed by atoms with Crippen LogP contribution in [0.3, 0.4) is 0 Å². The van der Waals surface area contributed by atoms with E-state index in [2.05, 4.69) is 10.3 Å². The number of nitrogens with one attached hydrogen (secondary N) is 1. The molecule has 6 nitrogen and oxygen atoms in total. The van der Waals surface area contributed by atoms with E-state index in [-0.39, 0.29) is 6.03 Å². The Kier molecular flexibility index (Phi) is 3.59. The zero-order chi connectivity index (χ0) is 14.0. The van der Waals surface area contributed by atoms with Gasteiger partial charge in [0.1, 0.15) is 0 Å². The van der Waals surface area contributed by atoms with E-state index in [0.29, 0.717) is 19.0 Å². The van der Waals surface area contributed by atoms with Gasteiger partial charge in [0.05, 0.1) is 11.0 Å². The number of nitrogens with zero attached hydrogens (tertiary/aromatic N) is 3. The van der Waals surface area contributed by atoms with E-state index in [0.717, 1.165) is 16.6 Å². The molecular weight excluding hydrogens is 242 g/mol. The Labute approximate surface area is 112 Å². The number of nitrogens with two attached hydrogens (primary N) is 1. The van der Waals surface area contributed by atoms with Crippen molar-refractivity contribution in [1.82, 2.24) is 19.8 Å². The molecule has 0 bridgehead atoms. The van der Waals surface area contributed by atoms with Gasteiger partial charge in [-0.2, -0.15) is 0 Å². The Morgan fingerprint density at radius 3 is 2.89 bits per heavy atom. The summed E-state index contributed by atoms with van der Waals surface area (Å²) in [5, 5.41) is 2.81. The predicted molar refractivity (Wildman–Crippen MR) is 76.0 cm³/mol. The topological polar surface area (TPSA) is 76.2 Å². The van der Waals surface area contributed by atoms with E-state index in [9.17, 15) is 4.79 Å². The van der Waals surface area contributed by atoms with Crippen LogP contribution in [0, 0.1) is 6.92 Å². The number of imidazole rings is 1. The Morgan fingerprint density at radius 2 is 2.21 bits per heavy atom. The molecule has 0 saturated carbocycles. The number of amides is 2. The highest BCUT2D eigenvalue weighted by molar-refractivity contribution is 5.79. The summed E-state index contributed by atoms with van der Waals surface area (Å²) in [6.07, 6.45) is 0. The largest absolute Gasteiger partial charge is 0.369 e. The molecule has 3 N–H and O–H groups in total. The second-order valence-corrected chi connectivity index (χ2v) is 4.74. The maximum atomic E-state index is 11.4. The highest BCUT2D eigenvalue weighted by Crippen LogP contribution is 2.18. The number of hydrogen-bond donors (Lipinski definition) is 2. The lowest BCUT2D eigenvalue weighted by Gasteiger charge is -2.12. The SMILES string of the molecule is Cc1ccc2c(c1)nc(N)n2CCNC(=O)N(C)C. The molecule has 0 radical (unpaired) electrons. The van der Waals surface area contributed by atoms with Crippen molar-refractivity contribution in [3.05, 3.63) is 23.8 Å². The van der Waals surface area contributed by atoms with Crippen molar-refractivity contribution in [3.8, 4) is 0 Å². The van der Waals surface area contributed by atoms with Crippen LogP contribution >= 0.6 is 0 Å². The second-order valence-electron chi connectivity index (χ2n) is 4.74. The highest BCUT2D eigenvalue weighted by Gasteiger charge is 2.08. The van der Waals surface area contributed by atoms with Gasteiger partial charge in [-0.05, 0) is 24.6 Å². The van der Waals surface area contributed by atoms with Crippen molar-refractivity contribution in [1.29, 1.82) is 0 Å². The molecule has 2 amide bonds. The summed E-state index contributed by atoms with van der Waals surface area (Å²) in [5.74, 6) is 0.472. The number of rotatable bonds is 3. The first-order valence-electron chi connectivity index (χ1n) is 6.16. The van der Waals surface area contributed by atoms with Crippen LogP contribution in [0.15, 0.2) is 18.2 Å². The monoisotopic (exact) mass is 261 g/mol. The van der Waals surface area contributed by atoms with Crippen molar-refractivity contribution in [2.75, 3.05) is 26.4 Å². The maximum Gasteiger partial charge on any atom is 0.316 e. The quantitative estimate of drug-likeness (QED) is 0.871. The molecule has 2 aromatic rings. The Bertz CT molecular complexity index is 602. The molecule has 1 aromatic heterocycles. The van der Waals surface area contributed by atoms with Crippen LogP contribution in [-0.4, -0.2) is 41.1 Å². The van der Waals surface area contributed by atoms with Gasteiger partial charge in [0.15, 0.2) is 0 Å². The molecule has 1 heterocycles. The minimum Gasteiger partial charge on any atom is -0.369 e. The lowest BCUT2D eigenvalue weighted by molar-refractivity contribution is 0.217. The summed E-state index contributed by atoms with van der Waals surface area (Å²) in [5.41, 5.74) is 8.93. The van der Waals surface area contributed by atoms with Gasteiger partial charge in [0, 0.05) is 27.2 Å². The van der Waals surface area contributed by atoms with Crippen molar-refractivity contribution in [3.63, 3.8) is 0 Å². The van der Waals surface area contributed by atoms with Crippen molar-refractivity contribution < 1.29 is 4.79 Å². The molecule has 19 heavy (non-hydrogen) atoms. The van der Waals surface area contributed by atoms with Gasteiger partial charge in [-0.3, -0.25) is 0 Å². The summed E-state index contributed by atoms with van der Waals surface area (Å²) in [4.78, 5) is 17.2. The molecule has 2 rings (SSSR count). The van der Waals surface area contributed by atoms with Gasteiger partial charge < -0.3 is 20.5 Å². The Morgan fingerprint density at radius 1 is 1.47 bits per heavy atom. The number of urea groups is 1. The second kappa shape index (κ2) is 5.17. The van der Waals surface area contributed by atoms with Crippen LogP contribution < -0.4 is 11.1 Å². The summed E-state index contributed by atoms with van der Waals surface area (Å²) >= 11 is 0. The van der Waals surface area contributed by atoms with Gasteiger partial charge in [-0.15, -0.1) is 0 Å². The summed E-state index contributed by atoms with van der Waals surface area (Å²) < 4.78 is 1.91. The fourth-order valence-electron chi connectivity index (χ4n) is 1.93. The Balaban J connectivity index is 2.12. The number of carbonyl (C=O) groups is 1. The summed E-state index contributed by atoms with van der Waals surface area (Å²) in [6, 6.07) is 5.92. The smallest absolute Gasteiger partial charge is 0.316 e. The molecule has 102 valence electrons. The third-order valence-electron chi connectivity index (χ3n) is 2.95. The van der Waals surface area contributed by atoms with Gasteiger partial charge in [-0.25, -0.2) is 9.78 Å². The number of benzene rings is 1. The molecule has 1 aromatic carbocycles. The lowest BCUT2D eigenvalue weighted by Crippen LogP contribution is -2.36. The number of anilines is 1. The minimum atomic E-state index is -0.112. The average molecular weight is 261 g/mol. The van der Waals surface area contributed by atoms with E-state index in [4.69, 9.17) is 5.73 Å². The first-order valence-corrected chi connectivity index (χ1v) is 6.16. The molecule has 6 heteroatoms. The van der Waals surface area contributed by atoms with Gasteiger partial charge in [0.25, 0.3) is 0 Å². The van der Waals surface area contributed by atoms with E-state index in [1.54, 1.807) is 14.1 Å². The molecule has 0 unspecified atom stereocenters. The number of nitrogen functional groups attached to an aromatic ring is 1. The van der Waals surface area contributed by atoms with Crippen LogP contribution in [0.1, 0.15) is 5.56 Å². The van der Waals surface area contributed by atoms with Crippen molar-refractivity contribution in [2.24, 2.45) is 0 Å². The third kappa shape index (κ3) is 2.78. The van der Waals surface area contributed by atoms with Crippen molar-refractivity contribution >= 4 is 23.0 Å². The van der Waals surface area contributed by atoms with E-state index >= 15 is 0 Å². The molecule has 0 fully saturated rings. The normalized spacial score (nSPS) is 10.7. The minimum absolute atomic E-state index is 0.112. The van der Waals surface area contributed by atoms with Gasteiger partial charge in [-0.1, -0.05) is 6.07 Å². The standard InChI is InChI=1S/C13H19N5O/c1-9-4-5-11-10(8-9)16-12(14)18(11)7-6-15-13(19)17(2)3/h4-5,8H,6-7H2,1-3H3,(H2,14,16)(H,15,19). The van der Waals surface area contributed by atoms with Crippen LogP contribution in [0.4, 0.5) is 10.7 Å². The van der Waals surface area contributed by atoms with Crippen molar-refractivity contribution in [2.45, 2.75) is 13.5 Å². The fourth-order valence-corrected chi connectivity index (χ4v) is 1.93. The predicted octanol–water partition coefficient (Wildman–Crippen LogP) is 1.20. The highest BCUT2D eigenvalue weighted by atomic mass is 16.2. The first-order chi connectivity index (χ1) is 8.99. The van der Waals surface area contributed by atoms with Crippen LogP contribution in [0.2, 0.25) is 0 Å². The number of hydrogen-bond acceptors (Lipinski definition) is 3. The molecule has 0 atom stereocenters.